The van der Waals surface area contributed by atoms with E-state index in [-0.39, 0.29) is 5.78 Å². The Hall–Kier alpha value is -0.370. The van der Waals surface area contributed by atoms with Crippen molar-refractivity contribution < 1.29 is 9.90 Å². The Bertz CT molecular complexity index is 152. The SMILES string of the molecule is CCC(=O)[C@@H](O)C[C@H](C)CC(C)C. The Kier molecular flexibility index (Phi) is 5.97. The van der Waals surface area contributed by atoms with Crippen molar-refractivity contribution in [2.75, 3.05) is 0 Å². The van der Waals surface area contributed by atoms with Crippen molar-refractivity contribution in [1.29, 1.82) is 0 Å². The lowest BCUT2D eigenvalue weighted by atomic mass is 9.92. The predicted octanol–water partition coefficient (Wildman–Crippen LogP) is 2.40. The number of rotatable bonds is 6. The molecule has 0 aromatic rings. The molecular formula is C11H22O2. The van der Waals surface area contributed by atoms with E-state index in [2.05, 4.69) is 20.8 Å². The van der Waals surface area contributed by atoms with Gasteiger partial charge in [0.15, 0.2) is 5.78 Å². The van der Waals surface area contributed by atoms with Crippen LogP contribution in [-0.4, -0.2) is 17.0 Å². The monoisotopic (exact) mass is 186 g/mol. The normalized spacial score (nSPS) is 15.8. The molecule has 0 aliphatic heterocycles. The summed E-state index contributed by atoms with van der Waals surface area (Å²) in [5.74, 6) is 1.04. The number of Topliss-reactive ketones (excluding diaryl/α,β-unsaturated/α-hetero) is 1. The molecule has 2 nitrogen and oxygen atoms in total. The molecule has 0 aliphatic rings. The molecule has 1 N–H and O–H groups in total. The highest BCUT2D eigenvalue weighted by atomic mass is 16.3. The predicted molar refractivity (Wildman–Crippen MR) is 54.5 cm³/mol. The summed E-state index contributed by atoms with van der Waals surface area (Å²) in [5, 5.41) is 9.45. The van der Waals surface area contributed by atoms with Gasteiger partial charge in [-0.05, 0) is 24.7 Å². The highest BCUT2D eigenvalue weighted by Gasteiger charge is 2.16. The van der Waals surface area contributed by atoms with Crippen LogP contribution in [0, 0.1) is 11.8 Å². The average Bonchev–Trinajstić information content (AvgIpc) is 2.01. The van der Waals surface area contributed by atoms with E-state index in [1.54, 1.807) is 6.92 Å². The fourth-order valence-electron chi connectivity index (χ4n) is 1.65. The summed E-state index contributed by atoms with van der Waals surface area (Å²) in [6.07, 6.45) is 1.40. The highest BCUT2D eigenvalue weighted by Crippen LogP contribution is 2.17. The molecule has 0 bridgehead atoms. The lowest BCUT2D eigenvalue weighted by Crippen LogP contribution is -2.22. The second-order valence-electron chi connectivity index (χ2n) is 4.31. The molecule has 0 aromatic carbocycles. The quantitative estimate of drug-likeness (QED) is 0.691. The van der Waals surface area contributed by atoms with Crippen LogP contribution in [0.3, 0.4) is 0 Å². The first-order valence-electron chi connectivity index (χ1n) is 5.18. The molecule has 13 heavy (non-hydrogen) atoms. The lowest BCUT2D eigenvalue weighted by molar-refractivity contribution is -0.127. The molecule has 2 heteroatoms. The standard InChI is InChI=1S/C11H22O2/c1-5-10(12)11(13)7-9(4)6-8(2)3/h8-9,11,13H,5-7H2,1-4H3/t9-,11+/m1/s1. The number of ketones is 1. The molecule has 0 rings (SSSR count). The second kappa shape index (κ2) is 6.14. The van der Waals surface area contributed by atoms with Crippen molar-refractivity contribution in [3.63, 3.8) is 0 Å². The van der Waals surface area contributed by atoms with Crippen LogP contribution in [0.1, 0.15) is 47.0 Å². The molecule has 0 fully saturated rings. The van der Waals surface area contributed by atoms with Crippen LogP contribution in [0.2, 0.25) is 0 Å². The molecular weight excluding hydrogens is 164 g/mol. The summed E-state index contributed by atoms with van der Waals surface area (Å²) in [6, 6.07) is 0. The number of aliphatic hydroxyl groups excluding tert-OH is 1. The van der Waals surface area contributed by atoms with E-state index in [0.29, 0.717) is 24.7 Å². The van der Waals surface area contributed by atoms with Crippen molar-refractivity contribution in [2.45, 2.75) is 53.1 Å². The Morgan fingerprint density at radius 2 is 1.77 bits per heavy atom. The third kappa shape index (κ3) is 5.81. The van der Waals surface area contributed by atoms with E-state index < -0.39 is 6.10 Å². The molecule has 0 radical (unpaired) electrons. The van der Waals surface area contributed by atoms with Gasteiger partial charge < -0.3 is 5.11 Å². The van der Waals surface area contributed by atoms with Gasteiger partial charge >= 0.3 is 0 Å². The van der Waals surface area contributed by atoms with E-state index >= 15 is 0 Å². The van der Waals surface area contributed by atoms with Gasteiger partial charge in [-0.15, -0.1) is 0 Å². The third-order valence-electron chi connectivity index (χ3n) is 2.22. The molecule has 0 aromatic heterocycles. The summed E-state index contributed by atoms with van der Waals surface area (Å²) >= 11 is 0. The van der Waals surface area contributed by atoms with Gasteiger partial charge in [-0.1, -0.05) is 27.7 Å². The first-order valence-corrected chi connectivity index (χ1v) is 5.18. The van der Waals surface area contributed by atoms with Crippen LogP contribution in [-0.2, 0) is 4.79 Å². The van der Waals surface area contributed by atoms with Gasteiger partial charge in [0.25, 0.3) is 0 Å². The Morgan fingerprint density at radius 1 is 1.23 bits per heavy atom. The van der Waals surface area contributed by atoms with E-state index in [4.69, 9.17) is 0 Å². The van der Waals surface area contributed by atoms with E-state index in [0.717, 1.165) is 6.42 Å². The van der Waals surface area contributed by atoms with E-state index in [1.807, 2.05) is 0 Å². The summed E-state index contributed by atoms with van der Waals surface area (Å²) < 4.78 is 0. The lowest BCUT2D eigenvalue weighted by Gasteiger charge is -2.16. The fraction of sp³-hybridized carbons (Fsp3) is 0.909. The van der Waals surface area contributed by atoms with Gasteiger partial charge in [0.05, 0.1) is 0 Å². The maximum Gasteiger partial charge on any atom is 0.160 e. The number of hydrogen-bond acceptors (Lipinski definition) is 2. The van der Waals surface area contributed by atoms with Crippen LogP contribution in [0.25, 0.3) is 0 Å². The van der Waals surface area contributed by atoms with Crippen molar-refractivity contribution in [2.24, 2.45) is 11.8 Å². The zero-order valence-corrected chi connectivity index (χ0v) is 9.21. The summed E-state index contributed by atoms with van der Waals surface area (Å²) in [6.45, 7) is 8.19. The van der Waals surface area contributed by atoms with Crippen molar-refractivity contribution in [1.82, 2.24) is 0 Å². The topological polar surface area (TPSA) is 37.3 Å². The summed E-state index contributed by atoms with van der Waals surface area (Å²) in [4.78, 5) is 11.1. The van der Waals surface area contributed by atoms with Crippen molar-refractivity contribution in [3.8, 4) is 0 Å². The zero-order chi connectivity index (χ0) is 10.4. The molecule has 0 unspecified atom stereocenters. The Morgan fingerprint density at radius 3 is 2.15 bits per heavy atom. The minimum Gasteiger partial charge on any atom is -0.385 e. The van der Waals surface area contributed by atoms with E-state index in [9.17, 15) is 9.90 Å². The molecule has 78 valence electrons. The van der Waals surface area contributed by atoms with Crippen molar-refractivity contribution in [3.05, 3.63) is 0 Å². The number of aliphatic hydroxyl groups is 1. The molecule has 2 atom stereocenters. The van der Waals surface area contributed by atoms with Crippen LogP contribution in [0.4, 0.5) is 0 Å². The number of hydrogen-bond donors (Lipinski definition) is 1. The maximum absolute atomic E-state index is 11.1. The second-order valence-corrected chi connectivity index (χ2v) is 4.31. The largest absolute Gasteiger partial charge is 0.385 e. The van der Waals surface area contributed by atoms with Gasteiger partial charge in [-0.3, -0.25) is 4.79 Å². The van der Waals surface area contributed by atoms with Crippen LogP contribution < -0.4 is 0 Å². The maximum atomic E-state index is 11.1. The summed E-state index contributed by atoms with van der Waals surface area (Å²) in [7, 11) is 0. The molecule has 0 spiro atoms. The van der Waals surface area contributed by atoms with Crippen molar-refractivity contribution >= 4 is 5.78 Å². The number of carbonyl (C=O) groups is 1. The third-order valence-corrected chi connectivity index (χ3v) is 2.22. The average molecular weight is 186 g/mol. The molecule has 0 saturated carbocycles. The van der Waals surface area contributed by atoms with Crippen LogP contribution in [0.5, 0.6) is 0 Å². The minimum atomic E-state index is -0.737. The molecule has 0 heterocycles. The zero-order valence-electron chi connectivity index (χ0n) is 9.21. The number of carbonyl (C=O) groups excluding carboxylic acids is 1. The van der Waals surface area contributed by atoms with Gasteiger partial charge in [-0.2, -0.15) is 0 Å². The van der Waals surface area contributed by atoms with Gasteiger partial charge in [-0.25, -0.2) is 0 Å². The fourth-order valence-corrected chi connectivity index (χ4v) is 1.65. The van der Waals surface area contributed by atoms with Crippen LogP contribution >= 0.6 is 0 Å². The Balaban J connectivity index is 3.77. The highest BCUT2D eigenvalue weighted by molar-refractivity contribution is 5.82. The van der Waals surface area contributed by atoms with E-state index in [1.165, 1.54) is 0 Å². The molecule has 0 aliphatic carbocycles. The first-order chi connectivity index (χ1) is 5.97. The van der Waals surface area contributed by atoms with Crippen LogP contribution in [0.15, 0.2) is 0 Å². The Labute approximate surface area is 81.3 Å². The molecule has 0 amide bonds. The van der Waals surface area contributed by atoms with Gasteiger partial charge in [0, 0.05) is 6.42 Å². The smallest absolute Gasteiger partial charge is 0.160 e. The first kappa shape index (κ1) is 12.6. The van der Waals surface area contributed by atoms with Gasteiger partial charge in [0.1, 0.15) is 6.10 Å². The molecule has 0 saturated heterocycles. The summed E-state index contributed by atoms with van der Waals surface area (Å²) in [5.41, 5.74) is 0. The van der Waals surface area contributed by atoms with Gasteiger partial charge in [0.2, 0.25) is 0 Å². The minimum absolute atomic E-state index is 0.0318.